The van der Waals surface area contributed by atoms with Gasteiger partial charge in [0.05, 0.1) is 27.8 Å². The average Bonchev–Trinajstić information content (AvgIpc) is 3.48. The Morgan fingerprint density at radius 3 is 2.27 bits per heavy atom. The van der Waals surface area contributed by atoms with Gasteiger partial charge in [0, 0.05) is 69.5 Å². The number of carbonyl (C=O) groups excluding carboxylic acids is 5. The number of likely N-dealkylation sites (tertiary alicyclic amines) is 1. The summed E-state index contributed by atoms with van der Waals surface area (Å²) in [5.74, 6) is -0.747. The first-order chi connectivity index (χ1) is 28.6. The number of nitrogens with one attached hydrogen (secondary N) is 2. The number of imide groups is 2. The van der Waals surface area contributed by atoms with Crippen molar-refractivity contribution in [3.63, 3.8) is 0 Å². The number of carbonyl (C=O) groups is 5. The Labute approximate surface area is 347 Å². The van der Waals surface area contributed by atoms with Gasteiger partial charge in [-0.15, -0.1) is 10.2 Å². The molecule has 5 fully saturated rings. The molecule has 16 heteroatoms. The summed E-state index contributed by atoms with van der Waals surface area (Å²) in [7, 11) is 0. The molecule has 59 heavy (non-hydrogen) atoms. The molecule has 9 rings (SSSR count). The second kappa shape index (κ2) is 15.9. The van der Waals surface area contributed by atoms with E-state index < -0.39 is 29.7 Å². The van der Waals surface area contributed by atoms with Gasteiger partial charge in [-0.25, -0.2) is 0 Å². The van der Waals surface area contributed by atoms with Crippen LogP contribution in [0.15, 0.2) is 48.5 Å². The van der Waals surface area contributed by atoms with E-state index in [1.807, 2.05) is 12.1 Å². The van der Waals surface area contributed by atoms with Crippen molar-refractivity contribution >= 4 is 52.6 Å². The molecule has 306 valence electrons. The highest BCUT2D eigenvalue weighted by Crippen LogP contribution is 2.43. The van der Waals surface area contributed by atoms with Crippen LogP contribution < -0.4 is 25.2 Å². The minimum atomic E-state index is -0.971. The highest BCUT2D eigenvalue weighted by Gasteiger charge is 2.48. The average molecular weight is 820 g/mol. The fourth-order valence-corrected chi connectivity index (χ4v) is 10.0. The number of anilines is 2. The predicted octanol–water partition coefficient (Wildman–Crippen LogP) is 4.09. The van der Waals surface area contributed by atoms with Crippen LogP contribution in [-0.2, 0) is 9.59 Å². The topological polar surface area (TPSA) is 181 Å². The summed E-state index contributed by atoms with van der Waals surface area (Å²) in [6, 6.07) is 15.7. The molecule has 6 heterocycles. The first-order valence-electron chi connectivity index (χ1n) is 20.7. The highest BCUT2D eigenvalue weighted by molar-refractivity contribution is 6.31. The highest BCUT2D eigenvalue weighted by atomic mass is 35.5. The standard InChI is InChI=1S/C43H46ClN9O6/c44-34-22-31(5-1-26(34)23-45)59-30-6-2-27(3-7-30)46-39(55)35-9-11-37(49-48-35)51-19-15-43(16-20-51)24-52(25-43)28-13-17-50(18-14-28)29-4-8-32-33(21-29)42(58)53(41(32)57)36-10-12-38(54)47-40(36)56/h1,4-5,8-9,11,21-22,27-28,30,36H,2-3,6-7,10,12-20,24-25H2,(H,46,55)(H,47,54,56). The molecule has 2 aromatic carbocycles. The first kappa shape index (κ1) is 38.9. The van der Waals surface area contributed by atoms with Crippen molar-refractivity contribution in [1.82, 2.24) is 30.6 Å². The number of hydrogen-bond acceptors (Lipinski definition) is 12. The minimum absolute atomic E-state index is 0.0218. The number of rotatable bonds is 8. The molecular weight excluding hydrogens is 774 g/mol. The van der Waals surface area contributed by atoms with Gasteiger partial charge in [-0.3, -0.25) is 39.1 Å². The van der Waals surface area contributed by atoms with Crippen molar-refractivity contribution in [2.75, 3.05) is 49.1 Å². The molecule has 0 bridgehead atoms. The Morgan fingerprint density at radius 1 is 0.847 bits per heavy atom. The Balaban J connectivity index is 0.700. The van der Waals surface area contributed by atoms with Gasteiger partial charge in [-0.05, 0) is 106 Å². The van der Waals surface area contributed by atoms with Crippen molar-refractivity contribution in [3.05, 3.63) is 75.9 Å². The fourth-order valence-electron chi connectivity index (χ4n) is 9.80. The third kappa shape index (κ3) is 7.71. The Morgan fingerprint density at radius 2 is 1.59 bits per heavy atom. The molecule has 5 amide bonds. The number of aromatic nitrogens is 2. The minimum Gasteiger partial charge on any atom is -0.490 e. The molecule has 15 nitrogen and oxygen atoms in total. The summed E-state index contributed by atoms with van der Waals surface area (Å²) in [4.78, 5) is 71.8. The van der Waals surface area contributed by atoms with Crippen molar-refractivity contribution in [3.8, 4) is 11.8 Å². The van der Waals surface area contributed by atoms with Crippen molar-refractivity contribution in [1.29, 1.82) is 5.26 Å². The van der Waals surface area contributed by atoms with E-state index in [1.165, 1.54) is 0 Å². The lowest BCUT2D eigenvalue weighted by atomic mass is 9.71. The van der Waals surface area contributed by atoms with Crippen LogP contribution in [0.5, 0.6) is 5.75 Å². The molecule has 6 aliphatic rings. The van der Waals surface area contributed by atoms with Crippen LogP contribution in [0.4, 0.5) is 11.5 Å². The van der Waals surface area contributed by atoms with Crippen LogP contribution in [0.3, 0.4) is 0 Å². The zero-order valence-corrected chi connectivity index (χ0v) is 33.5. The van der Waals surface area contributed by atoms with Gasteiger partial charge in [0.1, 0.15) is 17.9 Å². The van der Waals surface area contributed by atoms with Crippen LogP contribution in [0.25, 0.3) is 0 Å². The molecule has 1 spiro atoms. The Kier molecular flexibility index (Phi) is 10.5. The molecule has 1 saturated carbocycles. The Hall–Kier alpha value is -5.59. The summed E-state index contributed by atoms with van der Waals surface area (Å²) in [5.41, 5.74) is 2.54. The van der Waals surface area contributed by atoms with E-state index in [4.69, 9.17) is 21.6 Å². The fraction of sp³-hybridized carbons (Fsp3) is 0.488. The molecule has 5 aliphatic heterocycles. The lowest BCUT2D eigenvalue weighted by Crippen LogP contribution is -2.64. The lowest BCUT2D eigenvalue weighted by molar-refractivity contribution is -0.136. The third-order valence-electron chi connectivity index (χ3n) is 13.3. The van der Waals surface area contributed by atoms with E-state index in [0.717, 1.165) is 107 Å². The van der Waals surface area contributed by atoms with Gasteiger partial charge in [-0.2, -0.15) is 5.26 Å². The van der Waals surface area contributed by atoms with Gasteiger partial charge in [-0.1, -0.05) is 11.6 Å². The molecule has 1 unspecified atom stereocenters. The summed E-state index contributed by atoms with van der Waals surface area (Å²) in [6.07, 6.45) is 7.59. The number of hydrogen-bond donors (Lipinski definition) is 2. The normalized spacial score (nSPS) is 24.7. The van der Waals surface area contributed by atoms with Crippen molar-refractivity contribution in [2.24, 2.45) is 5.41 Å². The molecule has 0 radical (unpaired) electrons. The first-order valence-corrected chi connectivity index (χ1v) is 21.0. The van der Waals surface area contributed by atoms with Gasteiger partial charge < -0.3 is 19.9 Å². The predicted molar refractivity (Wildman–Crippen MR) is 216 cm³/mol. The van der Waals surface area contributed by atoms with Crippen LogP contribution >= 0.6 is 11.6 Å². The number of nitrogens with zero attached hydrogens (tertiary/aromatic N) is 7. The lowest BCUT2D eigenvalue weighted by Gasteiger charge is -2.57. The van der Waals surface area contributed by atoms with Gasteiger partial charge in [0.2, 0.25) is 11.8 Å². The SMILES string of the molecule is N#Cc1ccc(OC2CCC(NC(=O)c3ccc(N4CCC5(CC4)CN(C4CCN(c6ccc7c(c6)C(=O)N(C6CCC(=O)NC6=O)C7=O)CC4)C5)nn3)CC2)cc1Cl. The quantitative estimate of drug-likeness (QED) is 0.311. The third-order valence-corrected chi connectivity index (χ3v) is 13.6. The maximum atomic E-state index is 13.3. The molecule has 3 aromatic rings. The molecular formula is C43H46ClN9O6. The van der Waals surface area contributed by atoms with Crippen LogP contribution in [0.2, 0.25) is 5.02 Å². The number of ether oxygens (including phenoxy) is 1. The Bertz CT molecular complexity index is 2210. The maximum absolute atomic E-state index is 13.3. The van der Waals surface area contributed by atoms with E-state index in [9.17, 15) is 24.0 Å². The zero-order chi connectivity index (χ0) is 40.8. The van der Waals surface area contributed by atoms with E-state index in [-0.39, 0.29) is 30.9 Å². The maximum Gasteiger partial charge on any atom is 0.272 e. The second-order valence-corrected chi connectivity index (χ2v) is 17.3. The smallest absolute Gasteiger partial charge is 0.272 e. The summed E-state index contributed by atoms with van der Waals surface area (Å²) in [5, 5.41) is 23.6. The summed E-state index contributed by atoms with van der Waals surface area (Å²) < 4.78 is 6.09. The zero-order valence-electron chi connectivity index (χ0n) is 32.7. The molecule has 2 N–H and O–H groups in total. The van der Waals surface area contributed by atoms with E-state index in [0.29, 0.717) is 44.6 Å². The van der Waals surface area contributed by atoms with Gasteiger partial charge in [0.15, 0.2) is 11.5 Å². The monoisotopic (exact) mass is 819 g/mol. The number of halogens is 1. The van der Waals surface area contributed by atoms with Crippen molar-refractivity contribution in [2.45, 2.75) is 88.4 Å². The van der Waals surface area contributed by atoms with E-state index >= 15 is 0 Å². The van der Waals surface area contributed by atoms with E-state index in [2.05, 4.69) is 41.6 Å². The second-order valence-electron chi connectivity index (χ2n) is 16.9. The van der Waals surface area contributed by atoms with Gasteiger partial charge >= 0.3 is 0 Å². The summed E-state index contributed by atoms with van der Waals surface area (Å²) >= 11 is 6.15. The summed E-state index contributed by atoms with van der Waals surface area (Å²) in [6.45, 7) is 5.65. The van der Waals surface area contributed by atoms with Crippen molar-refractivity contribution < 1.29 is 28.7 Å². The number of fused-ring (bicyclic) bond motifs is 1. The number of piperidine rings is 3. The molecule has 1 aliphatic carbocycles. The van der Waals surface area contributed by atoms with Gasteiger partial charge in [0.25, 0.3) is 17.7 Å². The molecule has 1 atom stereocenters. The van der Waals surface area contributed by atoms with Crippen LogP contribution in [-0.4, -0.2) is 113 Å². The number of nitriles is 1. The van der Waals surface area contributed by atoms with Crippen LogP contribution in [0, 0.1) is 16.7 Å². The number of benzene rings is 2. The molecule has 1 aromatic heterocycles. The molecule has 4 saturated heterocycles. The van der Waals surface area contributed by atoms with E-state index in [1.54, 1.807) is 36.4 Å². The van der Waals surface area contributed by atoms with Crippen LogP contribution in [0.1, 0.15) is 101 Å². The number of amides is 5. The largest absolute Gasteiger partial charge is 0.490 e.